The molecule has 19 nitrogen and oxygen atoms in total. The lowest BCUT2D eigenvalue weighted by Crippen LogP contribution is -2.58. The molecule has 0 radical (unpaired) electrons. The molecule has 0 saturated heterocycles. The van der Waals surface area contributed by atoms with Crippen molar-refractivity contribution in [3.8, 4) is 0 Å². The second-order valence-corrected chi connectivity index (χ2v) is 18.1. The summed E-state index contributed by atoms with van der Waals surface area (Å²) in [6.07, 6.45) is 4.67. The van der Waals surface area contributed by atoms with Crippen LogP contribution in [0.1, 0.15) is 113 Å². The normalized spacial score (nSPS) is 15.1. The highest BCUT2D eigenvalue weighted by atomic mass is 16.6. The molecule has 66 heavy (non-hydrogen) atoms. The van der Waals surface area contributed by atoms with Crippen molar-refractivity contribution in [2.45, 2.75) is 144 Å². The first-order valence-electron chi connectivity index (χ1n) is 23.0. The van der Waals surface area contributed by atoms with Gasteiger partial charge in [0.05, 0.1) is 0 Å². The van der Waals surface area contributed by atoms with Gasteiger partial charge in [-0.3, -0.25) is 43.4 Å². The van der Waals surface area contributed by atoms with Crippen LogP contribution in [0.15, 0.2) is 36.4 Å². The Kier molecular flexibility index (Phi) is 23.4. The highest BCUT2D eigenvalue weighted by molar-refractivity contribution is 6.12. The van der Waals surface area contributed by atoms with E-state index in [0.717, 1.165) is 11.3 Å². The van der Waals surface area contributed by atoms with Gasteiger partial charge in [-0.2, -0.15) is 0 Å². The van der Waals surface area contributed by atoms with Crippen LogP contribution in [-0.2, 0) is 44.9 Å². The summed E-state index contributed by atoms with van der Waals surface area (Å²) in [6.45, 7) is 17.2. The summed E-state index contributed by atoms with van der Waals surface area (Å²) >= 11 is 0. The standard InChI is InChI=1S/C47H75N9O10/c1-12-31(8)32(9)54(10)45(63)40(29(4)5)53-44(62)41(30(6)7)55(11)47(65)66-27-33-19-21-34(22-20-33)50-42(60)35(17-16-25-49-46(48)64)51-43(61)39(28(2)3)52-36(57)18-14-13-15-26-56-37(58)23-24-38(56)59/h19-24,28-32,35,39-41H,12-18,25-27H2,1-11H3,(H,50,60)(H,51,61)(H,52,57)(H,53,62)(H3,48,49,64)/t31-,32+,35-,39-,40?,41-/m0/s1. The van der Waals surface area contributed by atoms with Crippen LogP contribution in [-0.4, -0.2) is 126 Å². The number of unbranched alkanes of at least 4 members (excludes halogenated alkanes) is 2. The molecule has 1 unspecified atom stereocenters. The van der Waals surface area contributed by atoms with Crippen LogP contribution in [0.25, 0.3) is 0 Å². The number of primary amides is 1. The van der Waals surface area contributed by atoms with Crippen molar-refractivity contribution in [1.82, 2.24) is 36.0 Å². The summed E-state index contributed by atoms with van der Waals surface area (Å²) < 4.78 is 5.58. The fourth-order valence-electron chi connectivity index (χ4n) is 7.31. The molecule has 2 rings (SSSR count). The number of amides is 10. The molecule has 0 fully saturated rings. The minimum absolute atomic E-state index is 0.0358. The fourth-order valence-corrected chi connectivity index (χ4v) is 7.31. The van der Waals surface area contributed by atoms with E-state index in [9.17, 15) is 43.2 Å². The average Bonchev–Trinajstić information content (AvgIpc) is 3.58. The molecule has 19 heteroatoms. The highest BCUT2D eigenvalue weighted by Crippen LogP contribution is 2.19. The number of nitrogens with one attached hydrogen (secondary N) is 5. The Labute approximate surface area is 390 Å². The molecule has 1 aromatic rings. The van der Waals surface area contributed by atoms with Gasteiger partial charge in [0.15, 0.2) is 0 Å². The van der Waals surface area contributed by atoms with Crippen LogP contribution in [0.3, 0.4) is 0 Å². The number of benzene rings is 1. The molecule has 1 aliphatic heterocycles. The largest absolute Gasteiger partial charge is 0.445 e. The van der Waals surface area contributed by atoms with Crippen molar-refractivity contribution < 1.29 is 47.9 Å². The Balaban J connectivity index is 2.05. The number of nitrogens with two attached hydrogens (primary N) is 1. The quantitative estimate of drug-likeness (QED) is 0.0549. The van der Waals surface area contributed by atoms with Gasteiger partial charge in [-0.05, 0) is 74.0 Å². The molecule has 10 amide bonds. The number of urea groups is 1. The SMILES string of the molecule is CC[C@H](C)[C@@H](C)N(C)C(=O)C(NC(=O)[C@H](C(C)C)N(C)C(=O)OCc1ccc(NC(=O)[C@H](CCCNC(N)=O)NC(=O)[C@@H](NC(=O)CCCCCN2C(=O)C=CC2=O)C(C)C)cc1)C(C)C. The maximum Gasteiger partial charge on any atom is 0.410 e. The van der Waals surface area contributed by atoms with Gasteiger partial charge in [0.25, 0.3) is 11.8 Å². The minimum Gasteiger partial charge on any atom is -0.445 e. The molecule has 0 spiro atoms. The van der Waals surface area contributed by atoms with Crippen molar-refractivity contribution in [2.24, 2.45) is 29.4 Å². The van der Waals surface area contributed by atoms with Crippen molar-refractivity contribution >= 4 is 59.2 Å². The summed E-state index contributed by atoms with van der Waals surface area (Å²) in [5.74, 6) is -3.50. The second-order valence-electron chi connectivity index (χ2n) is 18.1. The van der Waals surface area contributed by atoms with Gasteiger partial charge in [-0.25, -0.2) is 9.59 Å². The molecule has 0 bridgehead atoms. The van der Waals surface area contributed by atoms with Crippen LogP contribution < -0.4 is 32.3 Å². The topological polar surface area (TPSA) is 259 Å². The number of anilines is 1. The van der Waals surface area contributed by atoms with Gasteiger partial charge in [-0.15, -0.1) is 0 Å². The van der Waals surface area contributed by atoms with Crippen molar-refractivity contribution in [2.75, 3.05) is 32.5 Å². The van der Waals surface area contributed by atoms with Crippen LogP contribution >= 0.6 is 0 Å². The van der Waals surface area contributed by atoms with E-state index in [2.05, 4.69) is 40.4 Å². The molecule has 1 aliphatic rings. The summed E-state index contributed by atoms with van der Waals surface area (Å²) in [5, 5.41) is 13.7. The average molecular weight is 926 g/mol. The second kappa shape index (κ2) is 27.5. The monoisotopic (exact) mass is 926 g/mol. The van der Waals surface area contributed by atoms with Crippen LogP contribution in [0.2, 0.25) is 0 Å². The fraction of sp³-hybridized carbons (Fsp3) is 0.638. The summed E-state index contributed by atoms with van der Waals surface area (Å²) in [5.41, 5.74) is 6.15. The van der Waals surface area contributed by atoms with Crippen molar-refractivity contribution in [3.05, 3.63) is 42.0 Å². The first kappa shape index (κ1) is 56.1. The van der Waals surface area contributed by atoms with Gasteiger partial charge in [0.1, 0.15) is 30.8 Å². The zero-order valence-electron chi connectivity index (χ0n) is 40.7. The molecule has 0 aromatic heterocycles. The van der Waals surface area contributed by atoms with Gasteiger partial charge in [0, 0.05) is 57.5 Å². The lowest BCUT2D eigenvalue weighted by atomic mass is 9.96. The van der Waals surface area contributed by atoms with E-state index in [4.69, 9.17) is 10.5 Å². The molecular weight excluding hydrogens is 851 g/mol. The lowest BCUT2D eigenvalue weighted by Gasteiger charge is -2.35. The van der Waals surface area contributed by atoms with E-state index in [0.29, 0.717) is 30.5 Å². The molecule has 1 heterocycles. The third kappa shape index (κ3) is 17.8. The number of ether oxygens (including phenoxy) is 1. The van der Waals surface area contributed by atoms with Gasteiger partial charge in [0.2, 0.25) is 29.5 Å². The molecule has 0 saturated carbocycles. The van der Waals surface area contributed by atoms with Crippen LogP contribution in [0.5, 0.6) is 0 Å². The van der Waals surface area contributed by atoms with Crippen molar-refractivity contribution in [3.63, 3.8) is 0 Å². The predicted molar refractivity (Wildman–Crippen MR) is 250 cm³/mol. The molecule has 6 atom stereocenters. The van der Waals surface area contributed by atoms with E-state index in [1.165, 1.54) is 24.1 Å². The Hall–Kier alpha value is -6.01. The van der Waals surface area contributed by atoms with E-state index < -0.39 is 54.0 Å². The highest BCUT2D eigenvalue weighted by Gasteiger charge is 2.36. The maximum atomic E-state index is 13.7. The first-order chi connectivity index (χ1) is 31.0. The van der Waals surface area contributed by atoms with Gasteiger partial charge < -0.3 is 42.0 Å². The Morgan fingerprint density at radius 2 is 1.32 bits per heavy atom. The van der Waals surface area contributed by atoms with E-state index >= 15 is 0 Å². The molecule has 368 valence electrons. The number of hydrogen-bond donors (Lipinski definition) is 6. The molecule has 7 N–H and O–H groups in total. The lowest BCUT2D eigenvalue weighted by molar-refractivity contribution is -0.140. The van der Waals surface area contributed by atoms with Crippen LogP contribution in [0.4, 0.5) is 15.3 Å². The number of nitrogens with zero attached hydrogens (tertiary/aromatic N) is 3. The Bertz CT molecular complexity index is 1850. The van der Waals surface area contributed by atoms with Gasteiger partial charge >= 0.3 is 12.1 Å². The van der Waals surface area contributed by atoms with E-state index in [1.54, 1.807) is 63.9 Å². The number of hydrogen-bond acceptors (Lipinski definition) is 10. The summed E-state index contributed by atoms with van der Waals surface area (Å²) in [4.78, 5) is 119. The minimum atomic E-state index is -1.07. The Morgan fingerprint density at radius 1 is 0.712 bits per heavy atom. The summed E-state index contributed by atoms with van der Waals surface area (Å²) in [7, 11) is 3.21. The number of likely N-dealkylation sites (N-methyl/N-ethyl adjacent to an activating group) is 2. The number of carbonyl (C=O) groups is 9. The molecular formula is C47H75N9O10. The maximum absolute atomic E-state index is 13.7. The number of carbonyl (C=O) groups excluding carboxylic acids is 9. The van der Waals surface area contributed by atoms with Crippen LogP contribution in [0, 0.1) is 23.7 Å². The zero-order chi connectivity index (χ0) is 49.8. The van der Waals surface area contributed by atoms with Gasteiger partial charge in [-0.1, -0.05) is 80.4 Å². The smallest absolute Gasteiger partial charge is 0.410 e. The predicted octanol–water partition coefficient (Wildman–Crippen LogP) is 3.81. The zero-order valence-corrected chi connectivity index (χ0v) is 40.7. The first-order valence-corrected chi connectivity index (χ1v) is 23.0. The third-order valence-corrected chi connectivity index (χ3v) is 11.9. The Morgan fingerprint density at radius 3 is 1.86 bits per heavy atom. The van der Waals surface area contributed by atoms with E-state index in [-0.39, 0.29) is 92.3 Å². The molecule has 0 aliphatic carbocycles. The summed E-state index contributed by atoms with van der Waals surface area (Å²) in [6, 6.07) is 1.94. The number of imide groups is 1. The van der Waals surface area contributed by atoms with E-state index in [1.807, 2.05) is 20.8 Å². The number of rotatable bonds is 27. The molecule has 1 aromatic carbocycles. The van der Waals surface area contributed by atoms with Crippen molar-refractivity contribution in [1.29, 1.82) is 0 Å². The third-order valence-electron chi connectivity index (χ3n) is 11.9.